The Morgan fingerprint density at radius 1 is 1.26 bits per heavy atom. The zero-order valence-corrected chi connectivity index (χ0v) is 19.6. The molecule has 1 saturated heterocycles. The molecule has 1 aromatic heterocycles. The highest BCUT2D eigenvalue weighted by molar-refractivity contribution is 7.98. The molecule has 0 atom stereocenters. The van der Waals surface area contributed by atoms with Crippen LogP contribution in [-0.4, -0.2) is 73.2 Å². The minimum atomic E-state index is -5.08. The first-order chi connectivity index (χ1) is 16.3. The minimum absolute atomic E-state index is 0.0348. The third kappa shape index (κ3) is 8.75. The summed E-state index contributed by atoms with van der Waals surface area (Å²) in [5.74, 6) is -4.37. The van der Waals surface area contributed by atoms with Crippen LogP contribution in [0.4, 0.5) is 27.8 Å². The molecule has 3 N–H and O–H groups in total. The summed E-state index contributed by atoms with van der Waals surface area (Å²) in [6.07, 6.45) is -5.08. The third-order valence-corrected chi connectivity index (χ3v) is 6.58. The van der Waals surface area contributed by atoms with E-state index in [1.165, 1.54) is 29.6 Å². The van der Waals surface area contributed by atoms with Crippen molar-refractivity contribution in [2.45, 2.75) is 17.1 Å². The molecule has 0 spiro atoms. The van der Waals surface area contributed by atoms with Crippen molar-refractivity contribution >= 4 is 33.8 Å². The van der Waals surface area contributed by atoms with Gasteiger partial charge in [0.15, 0.2) is 16.8 Å². The molecule has 2 aromatic rings. The van der Waals surface area contributed by atoms with Gasteiger partial charge < -0.3 is 15.2 Å². The van der Waals surface area contributed by atoms with Gasteiger partial charge in [-0.1, -0.05) is 23.9 Å². The van der Waals surface area contributed by atoms with E-state index >= 15 is 0 Å². The van der Waals surface area contributed by atoms with E-state index in [-0.39, 0.29) is 28.2 Å². The van der Waals surface area contributed by atoms with Crippen molar-refractivity contribution < 1.29 is 45.0 Å². The Kier molecular flexibility index (Phi) is 9.99. The molecular formula is C18H20F5N5O5S2. The van der Waals surface area contributed by atoms with Gasteiger partial charge in [0.25, 0.3) is 0 Å². The Balaban J connectivity index is 0.000000540. The Hall–Kier alpha value is -2.76. The summed E-state index contributed by atoms with van der Waals surface area (Å²) in [6, 6.07) is 5.26. The summed E-state index contributed by atoms with van der Waals surface area (Å²) in [5.41, 5.74) is 0.152. The zero-order valence-electron chi connectivity index (χ0n) is 18.0. The first-order valence-corrected chi connectivity index (χ1v) is 12.0. The van der Waals surface area contributed by atoms with Crippen LogP contribution in [-0.2, 0) is 20.8 Å². The SMILES string of the molecule is COc1cc(NS(=O)(=O)N2CCNCC2)nc(SCc2cccc(F)c2F)n1.O=C(O)C(F)(F)F. The van der Waals surface area contributed by atoms with Crippen molar-refractivity contribution in [2.24, 2.45) is 0 Å². The van der Waals surface area contributed by atoms with Crippen LogP contribution in [0.2, 0.25) is 0 Å². The number of benzene rings is 1. The molecule has 35 heavy (non-hydrogen) atoms. The summed E-state index contributed by atoms with van der Waals surface area (Å²) in [5, 5.41) is 10.4. The molecule has 0 saturated carbocycles. The molecule has 0 amide bonds. The van der Waals surface area contributed by atoms with Gasteiger partial charge in [0, 0.05) is 43.6 Å². The van der Waals surface area contributed by atoms with E-state index in [1.54, 1.807) is 0 Å². The van der Waals surface area contributed by atoms with E-state index < -0.39 is 34.0 Å². The van der Waals surface area contributed by atoms with Crippen molar-refractivity contribution in [3.05, 3.63) is 41.5 Å². The quantitative estimate of drug-likeness (QED) is 0.272. The number of hydrogen-bond acceptors (Lipinski definition) is 8. The number of nitrogens with one attached hydrogen (secondary N) is 2. The number of carboxylic acids is 1. The predicted molar refractivity (Wildman–Crippen MR) is 115 cm³/mol. The van der Waals surface area contributed by atoms with Gasteiger partial charge in [-0.25, -0.2) is 18.6 Å². The number of nitrogens with zero attached hydrogens (tertiary/aromatic N) is 3. The summed E-state index contributed by atoms with van der Waals surface area (Å²) in [6.45, 7) is 1.82. The Bertz CT molecular complexity index is 1130. The van der Waals surface area contributed by atoms with Gasteiger partial charge in [-0.3, -0.25) is 4.72 Å². The Morgan fingerprint density at radius 3 is 2.46 bits per heavy atom. The lowest BCUT2D eigenvalue weighted by molar-refractivity contribution is -0.192. The number of methoxy groups -OCH3 is 1. The lowest BCUT2D eigenvalue weighted by Gasteiger charge is -2.26. The number of ether oxygens (including phenoxy) is 1. The lowest BCUT2D eigenvalue weighted by atomic mass is 10.2. The van der Waals surface area contributed by atoms with Crippen molar-refractivity contribution in [1.82, 2.24) is 19.6 Å². The fourth-order valence-corrected chi connectivity index (χ4v) is 4.50. The van der Waals surface area contributed by atoms with Crippen LogP contribution in [0.25, 0.3) is 0 Å². The number of rotatable bonds is 7. The molecule has 1 fully saturated rings. The van der Waals surface area contributed by atoms with E-state index in [2.05, 4.69) is 20.0 Å². The molecule has 1 aliphatic heterocycles. The molecule has 10 nitrogen and oxygen atoms in total. The molecule has 0 radical (unpaired) electrons. The fraction of sp³-hybridized carbons (Fsp3) is 0.389. The van der Waals surface area contributed by atoms with Crippen LogP contribution in [0.5, 0.6) is 5.88 Å². The number of hydrogen-bond donors (Lipinski definition) is 3. The largest absolute Gasteiger partial charge is 0.490 e. The van der Waals surface area contributed by atoms with Gasteiger partial charge >= 0.3 is 22.4 Å². The number of alkyl halides is 3. The van der Waals surface area contributed by atoms with E-state index in [0.29, 0.717) is 26.2 Å². The van der Waals surface area contributed by atoms with Crippen LogP contribution in [0.15, 0.2) is 29.4 Å². The summed E-state index contributed by atoms with van der Waals surface area (Å²) < 4.78 is 92.7. The first kappa shape index (κ1) is 28.5. The monoisotopic (exact) mass is 545 g/mol. The van der Waals surface area contributed by atoms with E-state index in [1.807, 2.05) is 0 Å². The first-order valence-electron chi connectivity index (χ1n) is 9.61. The summed E-state index contributed by atoms with van der Waals surface area (Å²) >= 11 is 1.03. The number of aliphatic carboxylic acids is 1. The average Bonchev–Trinajstić information content (AvgIpc) is 2.80. The Labute approximate surface area is 201 Å². The molecule has 0 unspecified atom stereocenters. The van der Waals surface area contributed by atoms with Gasteiger partial charge in [0.05, 0.1) is 7.11 Å². The number of carboxylic acid groups (broad SMARTS) is 1. The fourth-order valence-electron chi connectivity index (χ4n) is 2.51. The van der Waals surface area contributed by atoms with Gasteiger partial charge in [0.1, 0.15) is 5.82 Å². The topological polar surface area (TPSA) is 134 Å². The lowest BCUT2D eigenvalue weighted by Crippen LogP contribution is -2.48. The number of halogens is 5. The second kappa shape index (κ2) is 12.3. The van der Waals surface area contributed by atoms with Crippen molar-refractivity contribution in [1.29, 1.82) is 0 Å². The number of piperazine rings is 1. The van der Waals surface area contributed by atoms with Gasteiger partial charge in [0.2, 0.25) is 5.88 Å². The van der Waals surface area contributed by atoms with E-state index in [9.17, 15) is 30.4 Å². The highest BCUT2D eigenvalue weighted by atomic mass is 32.2. The highest BCUT2D eigenvalue weighted by Crippen LogP contribution is 2.26. The maximum atomic E-state index is 13.8. The maximum Gasteiger partial charge on any atom is 0.490 e. The number of thioether (sulfide) groups is 1. The number of anilines is 1. The molecule has 17 heteroatoms. The third-order valence-electron chi connectivity index (χ3n) is 4.17. The zero-order chi connectivity index (χ0) is 26.2. The van der Waals surface area contributed by atoms with Gasteiger partial charge in [-0.15, -0.1) is 0 Å². The molecule has 0 bridgehead atoms. The summed E-state index contributed by atoms with van der Waals surface area (Å²) in [4.78, 5) is 17.2. The van der Waals surface area contributed by atoms with Crippen molar-refractivity contribution in [3.8, 4) is 5.88 Å². The van der Waals surface area contributed by atoms with Crippen molar-refractivity contribution in [2.75, 3.05) is 38.0 Å². The van der Waals surface area contributed by atoms with Crippen LogP contribution in [0.3, 0.4) is 0 Å². The van der Waals surface area contributed by atoms with Crippen LogP contribution in [0.1, 0.15) is 5.56 Å². The molecule has 1 aliphatic rings. The molecule has 194 valence electrons. The Morgan fingerprint density at radius 2 is 1.89 bits per heavy atom. The van der Waals surface area contributed by atoms with E-state index in [0.717, 1.165) is 17.8 Å². The van der Waals surface area contributed by atoms with Gasteiger partial charge in [-0.05, 0) is 6.07 Å². The normalized spacial score (nSPS) is 14.6. The average molecular weight is 546 g/mol. The van der Waals surface area contributed by atoms with Crippen LogP contribution >= 0.6 is 11.8 Å². The molecule has 1 aromatic carbocycles. The highest BCUT2D eigenvalue weighted by Gasteiger charge is 2.38. The minimum Gasteiger partial charge on any atom is -0.481 e. The smallest absolute Gasteiger partial charge is 0.481 e. The number of carbonyl (C=O) groups is 1. The maximum absolute atomic E-state index is 13.8. The standard InChI is InChI=1S/C16H19F2N5O3S2.C2HF3O2/c1-26-14-9-13(22-28(24,25)23-7-5-19-6-8-23)20-16(21-14)27-10-11-3-2-4-12(17)15(11)18;3-2(4,5)1(6)7/h2-4,9,19H,5-8,10H2,1H3,(H,20,21,22);(H,6,7). The van der Waals surface area contributed by atoms with Crippen LogP contribution in [0, 0.1) is 11.6 Å². The molecular weight excluding hydrogens is 525 g/mol. The molecule has 2 heterocycles. The second-order valence-electron chi connectivity index (χ2n) is 6.64. The number of aromatic nitrogens is 2. The second-order valence-corrected chi connectivity index (χ2v) is 9.25. The molecule has 3 rings (SSSR count). The molecule has 0 aliphatic carbocycles. The van der Waals surface area contributed by atoms with Crippen molar-refractivity contribution in [3.63, 3.8) is 0 Å². The predicted octanol–water partition coefficient (Wildman–Crippen LogP) is 2.25. The van der Waals surface area contributed by atoms with Gasteiger partial charge in [-0.2, -0.15) is 30.9 Å². The summed E-state index contributed by atoms with van der Waals surface area (Å²) in [7, 11) is -2.39. The van der Waals surface area contributed by atoms with Crippen LogP contribution < -0.4 is 14.8 Å². The van der Waals surface area contributed by atoms with E-state index in [4.69, 9.17) is 14.6 Å².